The molecule has 4 aliphatic rings. The third-order valence-corrected chi connectivity index (χ3v) is 9.52. The van der Waals surface area contributed by atoms with Gasteiger partial charge >= 0.3 is 5.97 Å². The van der Waals surface area contributed by atoms with E-state index >= 15 is 0 Å². The zero-order chi connectivity index (χ0) is 31.0. The van der Waals surface area contributed by atoms with Crippen LogP contribution in [0.15, 0.2) is 77.3 Å². The van der Waals surface area contributed by atoms with E-state index in [2.05, 4.69) is 21.2 Å². The molecular weight excluding hydrogens is 654 g/mol. The fourth-order valence-electron chi connectivity index (χ4n) is 6.63. The van der Waals surface area contributed by atoms with Gasteiger partial charge in [-0.3, -0.25) is 19.2 Å². The minimum absolute atomic E-state index is 0.0411. The predicted molar refractivity (Wildman–Crippen MR) is 165 cm³/mol. The van der Waals surface area contributed by atoms with Crippen molar-refractivity contribution in [2.24, 2.45) is 11.8 Å². The zero-order valence-electron chi connectivity index (χ0n) is 23.6. The minimum atomic E-state index is -1.48. The van der Waals surface area contributed by atoms with Gasteiger partial charge in [0.1, 0.15) is 29.8 Å². The molecule has 2 aromatic carbocycles. The number of β-amino-alcohol motifs (C(OH)–C–C–N with tert-alkyl or cyclic N) is 1. The lowest BCUT2D eigenvalue weighted by molar-refractivity contribution is -0.159. The predicted octanol–water partition coefficient (Wildman–Crippen LogP) is 3.29. The molecule has 2 N–H and O–H groups in total. The largest absolute Gasteiger partial charge is 0.455 e. The standard InChI is InChI=1S/C32H31BrClN3O7/c33-22-17-32-26-25(27(22)44-32)31(42)43-23(19-7-3-1-4-8-19)18-35-24(39)9-5-2-6-14-36(21-12-10-20(34)11-13-21)30(41)28(32)37(15-16-38)29(26)40/h1-4,6-8,10-13,17,23,25-28,38H,5,9,14-16,18H2,(H,35,39)/b6-2-/t23-,25-,26+,27-,28-,32+/m0/s1. The number of nitrogens with zero attached hydrogens (tertiary/aromatic N) is 2. The molecule has 0 aromatic heterocycles. The molecule has 5 bridgehead atoms. The van der Waals surface area contributed by atoms with Gasteiger partial charge in [-0.15, -0.1) is 0 Å². The van der Waals surface area contributed by atoms with Gasteiger partial charge < -0.3 is 29.7 Å². The van der Waals surface area contributed by atoms with Crippen LogP contribution in [0.1, 0.15) is 24.5 Å². The quantitative estimate of drug-likeness (QED) is 0.374. The summed E-state index contributed by atoms with van der Waals surface area (Å²) in [4.78, 5) is 58.3. The Labute approximate surface area is 267 Å². The van der Waals surface area contributed by atoms with Crippen molar-refractivity contribution in [3.05, 3.63) is 87.9 Å². The van der Waals surface area contributed by atoms with Crippen molar-refractivity contribution in [3.63, 3.8) is 0 Å². The van der Waals surface area contributed by atoms with Gasteiger partial charge in [0.25, 0.3) is 5.91 Å². The summed E-state index contributed by atoms with van der Waals surface area (Å²) in [5, 5.41) is 13.3. The fraction of sp³-hybridized carbons (Fsp3) is 0.375. The molecule has 4 aliphatic heterocycles. The fourth-order valence-corrected chi connectivity index (χ4v) is 7.49. The summed E-state index contributed by atoms with van der Waals surface area (Å²) in [5.41, 5.74) is -0.262. The number of benzene rings is 2. The second-order valence-electron chi connectivity index (χ2n) is 11.2. The molecule has 6 atom stereocenters. The van der Waals surface area contributed by atoms with E-state index in [1.807, 2.05) is 24.3 Å². The maximum absolute atomic E-state index is 14.6. The lowest BCUT2D eigenvalue weighted by Gasteiger charge is -2.35. The summed E-state index contributed by atoms with van der Waals surface area (Å²) in [6, 6.07) is 14.6. The SMILES string of the molecule is O=C1CC/C=C\CN(c2ccc(Cl)cc2)C(=O)[C@@H]2N(CCO)C(=O)[C@H]3[C@H](C(=O)O[C@H](c4ccccc4)CN1)[C@H]1O[C@@]23C=C1Br. The van der Waals surface area contributed by atoms with Crippen molar-refractivity contribution in [3.8, 4) is 0 Å². The Hall–Kier alpha value is -3.51. The van der Waals surface area contributed by atoms with Gasteiger partial charge in [-0.05, 0) is 42.3 Å². The third-order valence-electron chi connectivity index (χ3n) is 8.58. The average molecular weight is 685 g/mol. The van der Waals surface area contributed by atoms with Crippen molar-refractivity contribution >= 4 is 56.9 Å². The number of amides is 3. The van der Waals surface area contributed by atoms with Crippen LogP contribution in [-0.2, 0) is 28.7 Å². The number of fused-ring (bicyclic) bond motifs is 2. The van der Waals surface area contributed by atoms with Crippen molar-refractivity contribution in [1.29, 1.82) is 0 Å². The van der Waals surface area contributed by atoms with Gasteiger partial charge in [0.2, 0.25) is 11.8 Å². The van der Waals surface area contributed by atoms with E-state index < -0.39 is 60.1 Å². The third kappa shape index (κ3) is 5.36. The minimum Gasteiger partial charge on any atom is -0.455 e. The monoisotopic (exact) mass is 683 g/mol. The van der Waals surface area contributed by atoms with Crippen LogP contribution in [0, 0.1) is 11.8 Å². The molecule has 3 amide bonds. The molecule has 230 valence electrons. The highest BCUT2D eigenvalue weighted by atomic mass is 79.9. The van der Waals surface area contributed by atoms with Crippen LogP contribution in [0.25, 0.3) is 0 Å². The van der Waals surface area contributed by atoms with Crippen LogP contribution in [0.4, 0.5) is 5.69 Å². The molecule has 10 nitrogen and oxygen atoms in total. The topological polar surface area (TPSA) is 125 Å². The Balaban J connectivity index is 1.44. The van der Waals surface area contributed by atoms with Crippen molar-refractivity contribution in [2.45, 2.75) is 36.7 Å². The molecule has 0 radical (unpaired) electrons. The summed E-state index contributed by atoms with van der Waals surface area (Å²) in [5.74, 6) is -3.95. The maximum atomic E-state index is 14.6. The second-order valence-corrected chi connectivity index (χ2v) is 12.5. The number of carbonyl (C=O) groups excluding carboxylic acids is 4. The highest BCUT2D eigenvalue weighted by Crippen LogP contribution is 2.59. The molecule has 12 heteroatoms. The smallest absolute Gasteiger partial charge is 0.313 e. The number of ether oxygens (including phenoxy) is 2. The van der Waals surface area contributed by atoms with Crippen LogP contribution >= 0.6 is 27.5 Å². The van der Waals surface area contributed by atoms with E-state index in [-0.39, 0.29) is 32.0 Å². The summed E-state index contributed by atoms with van der Waals surface area (Å²) in [6.07, 6.45) is 4.26. The van der Waals surface area contributed by atoms with Gasteiger partial charge in [-0.25, -0.2) is 0 Å². The lowest BCUT2D eigenvalue weighted by atomic mass is 9.74. The summed E-state index contributed by atoms with van der Waals surface area (Å²) in [7, 11) is 0. The van der Waals surface area contributed by atoms with E-state index in [1.165, 1.54) is 9.80 Å². The molecule has 4 heterocycles. The Morgan fingerprint density at radius 2 is 1.77 bits per heavy atom. The number of hydrogen-bond acceptors (Lipinski definition) is 7. The van der Waals surface area contributed by atoms with E-state index in [0.29, 0.717) is 27.2 Å². The summed E-state index contributed by atoms with van der Waals surface area (Å²) < 4.78 is 13.0. The summed E-state index contributed by atoms with van der Waals surface area (Å²) in [6.45, 7) is -0.341. The first kappa shape index (κ1) is 30.5. The molecule has 2 saturated heterocycles. The molecule has 1 spiro atoms. The van der Waals surface area contributed by atoms with Crippen LogP contribution in [-0.4, -0.2) is 77.7 Å². The normalized spacial score (nSPS) is 31.4. The number of aliphatic hydroxyl groups is 1. The number of aliphatic hydroxyl groups excluding tert-OH is 1. The molecule has 0 saturated carbocycles. The van der Waals surface area contributed by atoms with E-state index in [1.54, 1.807) is 48.6 Å². The van der Waals surface area contributed by atoms with E-state index in [9.17, 15) is 24.3 Å². The van der Waals surface area contributed by atoms with Crippen LogP contribution in [0.5, 0.6) is 0 Å². The number of hydrogen-bond donors (Lipinski definition) is 2. The highest BCUT2D eigenvalue weighted by Gasteiger charge is 2.75. The second kappa shape index (κ2) is 12.5. The van der Waals surface area contributed by atoms with E-state index in [0.717, 1.165) is 0 Å². The van der Waals surface area contributed by atoms with Crippen LogP contribution in [0.3, 0.4) is 0 Å². The Morgan fingerprint density at radius 1 is 1.02 bits per heavy atom. The lowest BCUT2D eigenvalue weighted by Crippen LogP contribution is -2.56. The van der Waals surface area contributed by atoms with E-state index in [4.69, 9.17) is 21.1 Å². The number of rotatable bonds is 4. The number of allylic oxidation sites excluding steroid dienone is 1. The maximum Gasteiger partial charge on any atom is 0.313 e. The van der Waals surface area contributed by atoms with Gasteiger partial charge in [-0.1, -0.05) is 70.0 Å². The molecule has 6 rings (SSSR count). The highest BCUT2D eigenvalue weighted by molar-refractivity contribution is 9.11. The van der Waals surface area contributed by atoms with Crippen LogP contribution in [0.2, 0.25) is 5.02 Å². The van der Waals surface area contributed by atoms with Gasteiger partial charge in [-0.2, -0.15) is 0 Å². The molecule has 0 aliphatic carbocycles. The first-order valence-electron chi connectivity index (χ1n) is 14.5. The first-order chi connectivity index (χ1) is 21.2. The number of nitrogens with one attached hydrogen (secondary N) is 1. The molecule has 2 fully saturated rings. The number of carbonyl (C=O) groups is 4. The molecule has 2 aromatic rings. The van der Waals surface area contributed by atoms with Crippen molar-refractivity contribution in [2.75, 3.05) is 31.1 Å². The Morgan fingerprint density at radius 3 is 2.50 bits per heavy atom. The van der Waals surface area contributed by atoms with Gasteiger partial charge in [0.15, 0.2) is 0 Å². The number of likely N-dealkylation sites (tertiary alicyclic amines) is 1. The zero-order valence-corrected chi connectivity index (χ0v) is 25.9. The van der Waals surface area contributed by atoms with Gasteiger partial charge in [0, 0.05) is 34.7 Å². The summed E-state index contributed by atoms with van der Waals surface area (Å²) >= 11 is 9.67. The molecule has 0 unspecified atom stereocenters. The first-order valence-corrected chi connectivity index (χ1v) is 15.6. The van der Waals surface area contributed by atoms with Crippen LogP contribution < -0.4 is 10.2 Å². The van der Waals surface area contributed by atoms with Crippen molar-refractivity contribution in [1.82, 2.24) is 10.2 Å². The average Bonchev–Trinajstić information content (AvgIpc) is 3.61. The number of anilines is 1. The number of halogens is 2. The number of cyclic esters (lactones) is 1. The molecular formula is C32H31BrClN3O7. The Kier molecular flexibility index (Phi) is 8.65. The molecule has 44 heavy (non-hydrogen) atoms. The van der Waals surface area contributed by atoms with Gasteiger partial charge in [0.05, 0.1) is 19.1 Å². The van der Waals surface area contributed by atoms with Crippen molar-refractivity contribution < 1.29 is 33.8 Å². The number of esters is 1. The Bertz CT molecular complexity index is 1520.